The maximum Gasteiger partial charge on any atom is 0.174 e. The number of benzene rings is 1. The molecule has 90 valence electrons. The molecule has 1 aromatic carbocycles. The van der Waals surface area contributed by atoms with Gasteiger partial charge in [-0.15, -0.1) is 0 Å². The minimum atomic E-state index is -0.0553. The highest BCUT2D eigenvalue weighted by Crippen LogP contribution is 2.25. The van der Waals surface area contributed by atoms with Gasteiger partial charge in [-0.3, -0.25) is 0 Å². The quantitative estimate of drug-likeness (QED) is 0.880. The van der Waals surface area contributed by atoms with E-state index in [4.69, 9.17) is 15.0 Å². The maximum atomic E-state index is 5.90. The molecule has 4 heteroatoms. The van der Waals surface area contributed by atoms with Crippen molar-refractivity contribution < 1.29 is 9.26 Å². The van der Waals surface area contributed by atoms with E-state index < -0.39 is 0 Å². The normalized spacial score (nSPS) is 12.4. The molecular weight excluding hydrogens is 216 g/mol. The van der Waals surface area contributed by atoms with Gasteiger partial charge in [0.25, 0.3) is 0 Å². The first-order valence-electron chi connectivity index (χ1n) is 5.55. The lowest BCUT2D eigenvalue weighted by atomic mass is 10.1. The van der Waals surface area contributed by atoms with Gasteiger partial charge in [0.15, 0.2) is 5.76 Å². The summed E-state index contributed by atoms with van der Waals surface area (Å²) in [5, 5.41) is 3.63. The van der Waals surface area contributed by atoms with Gasteiger partial charge in [0.05, 0.1) is 6.20 Å². The van der Waals surface area contributed by atoms with Crippen molar-refractivity contribution in [3.05, 3.63) is 47.3 Å². The number of nitrogens with two attached hydrogens (primary N) is 1. The summed E-state index contributed by atoms with van der Waals surface area (Å²) >= 11 is 0. The first-order valence-corrected chi connectivity index (χ1v) is 5.55. The van der Waals surface area contributed by atoms with Gasteiger partial charge in [0, 0.05) is 17.7 Å². The fraction of sp³-hybridized carbons (Fsp3) is 0.308. The third kappa shape index (κ3) is 2.85. The van der Waals surface area contributed by atoms with Crippen molar-refractivity contribution in [1.29, 1.82) is 0 Å². The number of hydrogen-bond acceptors (Lipinski definition) is 4. The Morgan fingerprint density at radius 2 is 2.24 bits per heavy atom. The number of nitrogens with zero attached hydrogens (tertiary/aromatic N) is 1. The van der Waals surface area contributed by atoms with Gasteiger partial charge >= 0.3 is 0 Å². The van der Waals surface area contributed by atoms with E-state index in [2.05, 4.69) is 5.16 Å². The van der Waals surface area contributed by atoms with Gasteiger partial charge in [-0.25, -0.2) is 0 Å². The Hall–Kier alpha value is -1.81. The molecule has 4 nitrogen and oxygen atoms in total. The molecule has 0 saturated carbocycles. The van der Waals surface area contributed by atoms with E-state index in [1.165, 1.54) is 0 Å². The lowest BCUT2D eigenvalue weighted by Gasteiger charge is -2.13. The van der Waals surface area contributed by atoms with Gasteiger partial charge in [-0.2, -0.15) is 0 Å². The highest BCUT2D eigenvalue weighted by Gasteiger charge is 2.09. The zero-order valence-electron chi connectivity index (χ0n) is 10.0. The number of aromatic nitrogens is 1. The van der Waals surface area contributed by atoms with Crippen LogP contribution in [0.25, 0.3) is 0 Å². The molecule has 0 fully saturated rings. The third-order valence-corrected chi connectivity index (χ3v) is 2.52. The van der Waals surface area contributed by atoms with E-state index in [0.29, 0.717) is 12.4 Å². The van der Waals surface area contributed by atoms with E-state index in [1.807, 2.05) is 32.0 Å². The second-order valence-electron chi connectivity index (χ2n) is 4.10. The molecule has 17 heavy (non-hydrogen) atoms. The molecule has 1 atom stereocenters. The van der Waals surface area contributed by atoms with Gasteiger partial charge in [0.2, 0.25) is 0 Å². The van der Waals surface area contributed by atoms with Gasteiger partial charge < -0.3 is 15.0 Å². The Balaban J connectivity index is 2.16. The van der Waals surface area contributed by atoms with E-state index >= 15 is 0 Å². The Labute approximate surface area is 100 Å². The SMILES string of the molecule is Cc1ccc([C@H](C)N)c(OCc2ccno2)c1. The van der Waals surface area contributed by atoms with Crippen molar-refractivity contribution >= 4 is 0 Å². The molecule has 0 radical (unpaired) electrons. The van der Waals surface area contributed by atoms with Crippen LogP contribution < -0.4 is 10.5 Å². The molecule has 0 aliphatic heterocycles. The van der Waals surface area contributed by atoms with Crippen molar-refractivity contribution in [1.82, 2.24) is 5.16 Å². The molecule has 0 spiro atoms. The monoisotopic (exact) mass is 232 g/mol. The number of ether oxygens (including phenoxy) is 1. The largest absolute Gasteiger partial charge is 0.485 e. The van der Waals surface area contributed by atoms with E-state index in [9.17, 15) is 0 Å². The van der Waals surface area contributed by atoms with Crippen LogP contribution in [0, 0.1) is 6.92 Å². The van der Waals surface area contributed by atoms with E-state index in [-0.39, 0.29) is 6.04 Å². The Kier molecular flexibility index (Phi) is 3.44. The lowest BCUT2D eigenvalue weighted by Crippen LogP contribution is -2.08. The second kappa shape index (κ2) is 5.01. The number of hydrogen-bond donors (Lipinski definition) is 1. The van der Waals surface area contributed by atoms with Crippen molar-refractivity contribution in [3.63, 3.8) is 0 Å². The lowest BCUT2D eigenvalue weighted by molar-refractivity contribution is 0.246. The van der Waals surface area contributed by atoms with Crippen molar-refractivity contribution in [2.75, 3.05) is 0 Å². The van der Waals surface area contributed by atoms with E-state index in [0.717, 1.165) is 16.9 Å². The van der Waals surface area contributed by atoms with Gasteiger partial charge in [-0.05, 0) is 25.5 Å². The van der Waals surface area contributed by atoms with Crippen LogP contribution in [0.1, 0.15) is 29.9 Å². The molecular formula is C13H16N2O2. The standard InChI is InChI=1S/C13H16N2O2/c1-9-3-4-12(10(2)14)13(7-9)16-8-11-5-6-15-17-11/h3-7,10H,8,14H2,1-2H3/t10-/m0/s1. The molecule has 0 bridgehead atoms. The van der Waals surface area contributed by atoms with Crippen LogP contribution >= 0.6 is 0 Å². The number of rotatable bonds is 4. The Morgan fingerprint density at radius 3 is 2.88 bits per heavy atom. The summed E-state index contributed by atoms with van der Waals surface area (Å²) in [6.07, 6.45) is 1.60. The van der Waals surface area contributed by atoms with Crippen LogP contribution in [-0.4, -0.2) is 5.16 Å². The molecule has 2 N–H and O–H groups in total. The highest BCUT2D eigenvalue weighted by molar-refractivity contribution is 5.38. The summed E-state index contributed by atoms with van der Waals surface area (Å²) in [6, 6.07) is 7.73. The summed E-state index contributed by atoms with van der Waals surface area (Å²) in [5.74, 6) is 1.50. The summed E-state index contributed by atoms with van der Waals surface area (Å²) < 4.78 is 10.7. The predicted octanol–water partition coefficient (Wildman–Crippen LogP) is 2.58. The van der Waals surface area contributed by atoms with Crippen LogP contribution in [0.4, 0.5) is 0 Å². The molecule has 0 aliphatic carbocycles. The zero-order valence-corrected chi connectivity index (χ0v) is 10.0. The molecule has 2 rings (SSSR count). The average molecular weight is 232 g/mol. The fourth-order valence-corrected chi connectivity index (χ4v) is 1.61. The van der Waals surface area contributed by atoms with Crippen LogP contribution in [-0.2, 0) is 6.61 Å². The van der Waals surface area contributed by atoms with Crippen LogP contribution in [0.5, 0.6) is 5.75 Å². The third-order valence-electron chi connectivity index (χ3n) is 2.52. The maximum absolute atomic E-state index is 5.90. The minimum Gasteiger partial charge on any atom is -0.485 e. The molecule has 0 unspecified atom stereocenters. The molecule has 1 aromatic heterocycles. The van der Waals surface area contributed by atoms with Crippen LogP contribution in [0.3, 0.4) is 0 Å². The first kappa shape index (κ1) is 11.7. The summed E-state index contributed by atoms with van der Waals surface area (Å²) in [6.45, 7) is 4.32. The van der Waals surface area contributed by atoms with Gasteiger partial charge in [-0.1, -0.05) is 17.3 Å². The fourth-order valence-electron chi connectivity index (χ4n) is 1.61. The van der Waals surface area contributed by atoms with Crippen molar-refractivity contribution in [3.8, 4) is 5.75 Å². The summed E-state index contributed by atoms with van der Waals surface area (Å²) in [4.78, 5) is 0. The molecule has 0 amide bonds. The summed E-state index contributed by atoms with van der Waals surface area (Å²) in [5.41, 5.74) is 8.03. The number of aryl methyl sites for hydroxylation is 1. The van der Waals surface area contributed by atoms with Crippen LogP contribution in [0.15, 0.2) is 35.0 Å². The first-order chi connectivity index (χ1) is 8.16. The predicted molar refractivity (Wildman–Crippen MR) is 64.6 cm³/mol. The molecule has 2 aromatic rings. The average Bonchev–Trinajstić information content (AvgIpc) is 2.78. The Morgan fingerprint density at radius 1 is 1.41 bits per heavy atom. The zero-order chi connectivity index (χ0) is 12.3. The van der Waals surface area contributed by atoms with Crippen molar-refractivity contribution in [2.45, 2.75) is 26.5 Å². The molecule has 0 aliphatic rings. The smallest absolute Gasteiger partial charge is 0.174 e. The van der Waals surface area contributed by atoms with Crippen LogP contribution in [0.2, 0.25) is 0 Å². The van der Waals surface area contributed by atoms with E-state index in [1.54, 1.807) is 12.3 Å². The topological polar surface area (TPSA) is 61.3 Å². The molecule has 0 saturated heterocycles. The Bertz CT molecular complexity index is 478. The highest BCUT2D eigenvalue weighted by atomic mass is 16.5. The minimum absolute atomic E-state index is 0.0553. The second-order valence-corrected chi connectivity index (χ2v) is 4.10. The van der Waals surface area contributed by atoms with Crippen molar-refractivity contribution in [2.24, 2.45) is 5.73 Å². The van der Waals surface area contributed by atoms with Gasteiger partial charge in [0.1, 0.15) is 12.4 Å². The summed E-state index contributed by atoms with van der Waals surface area (Å²) in [7, 11) is 0. The molecule has 1 heterocycles.